The first-order chi connectivity index (χ1) is 11.3. The molecule has 0 bridgehead atoms. The van der Waals surface area contributed by atoms with E-state index in [9.17, 15) is 4.79 Å². The van der Waals surface area contributed by atoms with Gasteiger partial charge in [0.25, 0.3) is 0 Å². The number of thioether (sulfide) groups is 1. The molecule has 130 valence electrons. The van der Waals surface area contributed by atoms with Crippen molar-refractivity contribution < 1.29 is 14.3 Å². The smallest absolute Gasteiger partial charge is 0.418 e. The van der Waals surface area contributed by atoms with Gasteiger partial charge in [-0.05, 0) is 52.0 Å². The van der Waals surface area contributed by atoms with E-state index in [-0.39, 0.29) is 12.2 Å². The van der Waals surface area contributed by atoms with Gasteiger partial charge in [-0.2, -0.15) is 0 Å². The zero-order valence-electron chi connectivity index (χ0n) is 14.5. The third kappa shape index (κ3) is 3.87. The van der Waals surface area contributed by atoms with E-state index in [1.165, 1.54) is 4.57 Å². The topological polar surface area (TPSA) is 52.5 Å². The summed E-state index contributed by atoms with van der Waals surface area (Å²) in [5, 5.41) is 4.71. The normalized spacial score (nSPS) is 19.4. The van der Waals surface area contributed by atoms with E-state index in [0.717, 1.165) is 29.0 Å². The molecule has 0 amide bonds. The van der Waals surface area contributed by atoms with Gasteiger partial charge in [0.05, 0.1) is 10.9 Å². The molecule has 0 aliphatic carbocycles. The van der Waals surface area contributed by atoms with Crippen LogP contribution >= 0.6 is 11.8 Å². The quantitative estimate of drug-likeness (QED) is 0.913. The first-order valence-corrected chi connectivity index (χ1v) is 9.24. The van der Waals surface area contributed by atoms with Crippen molar-refractivity contribution in [1.29, 1.82) is 0 Å². The Morgan fingerprint density at radius 3 is 2.83 bits per heavy atom. The molecule has 1 N–H and O–H groups in total. The van der Waals surface area contributed by atoms with Crippen molar-refractivity contribution in [3.05, 3.63) is 30.5 Å². The summed E-state index contributed by atoms with van der Waals surface area (Å²) < 4.78 is 13.0. The maximum atomic E-state index is 12.3. The average molecular weight is 348 g/mol. The molecule has 1 aliphatic rings. The number of aromatic nitrogens is 1. The number of benzene rings is 1. The van der Waals surface area contributed by atoms with Gasteiger partial charge in [-0.3, -0.25) is 4.57 Å². The fourth-order valence-corrected chi connectivity index (χ4v) is 3.74. The fourth-order valence-electron chi connectivity index (χ4n) is 2.69. The van der Waals surface area contributed by atoms with E-state index in [0.29, 0.717) is 5.37 Å². The second kappa shape index (κ2) is 6.69. The Balaban J connectivity index is 1.76. The van der Waals surface area contributed by atoms with Crippen LogP contribution in [0.3, 0.4) is 0 Å². The monoisotopic (exact) mass is 348 g/mol. The second-order valence-electron chi connectivity index (χ2n) is 6.96. The Kier molecular flexibility index (Phi) is 4.78. The molecular formula is C18H24N2O3S. The SMILES string of the molecule is CC(Oc1ccc2c(ccn2C(=O)OC(C)(C)C)c1)C1NCCS1. The molecule has 6 heteroatoms. The summed E-state index contributed by atoms with van der Waals surface area (Å²) in [5.41, 5.74) is 0.301. The summed E-state index contributed by atoms with van der Waals surface area (Å²) in [7, 11) is 0. The number of hydrogen-bond acceptors (Lipinski definition) is 5. The average Bonchev–Trinajstić information content (AvgIpc) is 3.14. The van der Waals surface area contributed by atoms with Crippen LogP contribution in [0.5, 0.6) is 5.75 Å². The second-order valence-corrected chi connectivity index (χ2v) is 8.20. The van der Waals surface area contributed by atoms with Crippen molar-refractivity contribution in [3.8, 4) is 5.75 Å². The van der Waals surface area contributed by atoms with Crippen LogP contribution in [-0.4, -0.2) is 40.0 Å². The Morgan fingerprint density at radius 1 is 1.38 bits per heavy atom. The number of carbonyl (C=O) groups is 1. The van der Waals surface area contributed by atoms with Gasteiger partial charge in [-0.25, -0.2) is 4.79 Å². The minimum absolute atomic E-state index is 0.0860. The molecule has 1 aromatic heterocycles. The van der Waals surface area contributed by atoms with Gasteiger partial charge in [0, 0.05) is 23.9 Å². The molecule has 24 heavy (non-hydrogen) atoms. The summed E-state index contributed by atoms with van der Waals surface area (Å²) in [6.45, 7) is 8.68. The summed E-state index contributed by atoms with van der Waals surface area (Å²) >= 11 is 1.89. The van der Waals surface area contributed by atoms with Crippen LogP contribution in [0.2, 0.25) is 0 Å². The molecule has 0 saturated carbocycles. The van der Waals surface area contributed by atoms with Crippen molar-refractivity contribution in [2.24, 2.45) is 0 Å². The maximum Gasteiger partial charge on any atom is 0.418 e. The van der Waals surface area contributed by atoms with Crippen LogP contribution < -0.4 is 10.1 Å². The van der Waals surface area contributed by atoms with E-state index < -0.39 is 5.60 Å². The van der Waals surface area contributed by atoms with Crippen molar-refractivity contribution >= 4 is 28.8 Å². The fraction of sp³-hybridized carbons (Fsp3) is 0.500. The van der Waals surface area contributed by atoms with E-state index in [1.54, 1.807) is 6.20 Å². The first-order valence-electron chi connectivity index (χ1n) is 8.19. The first kappa shape index (κ1) is 17.2. The van der Waals surface area contributed by atoms with Gasteiger partial charge in [-0.15, -0.1) is 11.8 Å². The van der Waals surface area contributed by atoms with Crippen molar-refractivity contribution in [1.82, 2.24) is 9.88 Å². The summed E-state index contributed by atoms with van der Waals surface area (Å²) in [5.74, 6) is 1.93. The third-order valence-electron chi connectivity index (χ3n) is 3.75. The Bertz CT molecular complexity index is 729. The minimum Gasteiger partial charge on any atom is -0.488 e. The predicted molar refractivity (Wildman–Crippen MR) is 97.9 cm³/mol. The van der Waals surface area contributed by atoms with Crippen molar-refractivity contribution in [3.63, 3.8) is 0 Å². The van der Waals surface area contributed by atoms with Crippen LogP contribution in [0.15, 0.2) is 30.5 Å². The lowest BCUT2D eigenvalue weighted by molar-refractivity contribution is 0.0544. The Hall–Kier alpha value is -1.66. The molecule has 1 saturated heterocycles. The highest BCUT2D eigenvalue weighted by molar-refractivity contribution is 8.00. The van der Waals surface area contributed by atoms with Crippen molar-refractivity contribution in [2.75, 3.05) is 12.3 Å². The molecule has 2 heterocycles. The molecule has 0 radical (unpaired) electrons. The standard InChI is InChI=1S/C18H24N2O3S/c1-12(16-19-8-10-24-16)22-14-5-6-15-13(11-14)7-9-20(15)17(21)23-18(2,3)4/h5-7,9,11-12,16,19H,8,10H2,1-4H3. The molecular weight excluding hydrogens is 324 g/mol. The zero-order chi connectivity index (χ0) is 17.3. The summed E-state index contributed by atoms with van der Waals surface area (Å²) in [6, 6.07) is 7.67. The van der Waals surface area contributed by atoms with Gasteiger partial charge >= 0.3 is 6.09 Å². The lowest BCUT2D eigenvalue weighted by Gasteiger charge is -2.21. The highest BCUT2D eigenvalue weighted by Crippen LogP contribution is 2.26. The highest BCUT2D eigenvalue weighted by atomic mass is 32.2. The molecule has 2 unspecified atom stereocenters. The molecule has 5 nitrogen and oxygen atoms in total. The maximum absolute atomic E-state index is 12.3. The van der Waals surface area contributed by atoms with Crippen LogP contribution in [0.25, 0.3) is 10.9 Å². The van der Waals surface area contributed by atoms with Gasteiger partial charge in [0.2, 0.25) is 0 Å². The van der Waals surface area contributed by atoms with Crippen molar-refractivity contribution in [2.45, 2.75) is 44.8 Å². The van der Waals surface area contributed by atoms with Crippen LogP contribution in [0.4, 0.5) is 4.79 Å². The Morgan fingerprint density at radius 2 is 2.17 bits per heavy atom. The largest absolute Gasteiger partial charge is 0.488 e. The van der Waals surface area contributed by atoms with Crippen LogP contribution in [-0.2, 0) is 4.74 Å². The number of nitrogens with one attached hydrogen (secondary N) is 1. The minimum atomic E-state index is -0.516. The number of hydrogen-bond donors (Lipinski definition) is 1. The van der Waals surface area contributed by atoms with Gasteiger partial charge in [0.15, 0.2) is 0 Å². The molecule has 1 aromatic carbocycles. The van der Waals surface area contributed by atoms with Crippen LogP contribution in [0, 0.1) is 0 Å². The third-order valence-corrected chi connectivity index (χ3v) is 5.09. The lowest BCUT2D eigenvalue weighted by atomic mass is 10.2. The molecule has 2 aromatic rings. The predicted octanol–water partition coefficient (Wildman–Crippen LogP) is 3.85. The van der Waals surface area contributed by atoms with Gasteiger partial charge in [-0.1, -0.05) is 0 Å². The van der Waals surface area contributed by atoms with E-state index in [2.05, 4.69) is 12.2 Å². The van der Waals surface area contributed by atoms with Gasteiger partial charge < -0.3 is 14.8 Å². The zero-order valence-corrected chi connectivity index (χ0v) is 15.4. The molecule has 1 fully saturated rings. The highest BCUT2D eigenvalue weighted by Gasteiger charge is 2.23. The number of ether oxygens (including phenoxy) is 2. The number of fused-ring (bicyclic) bond motifs is 1. The summed E-state index contributed by atoms with van der Waals surface area (Å²) in [6.07, 6.45) is 1.45. The molecule has 0 spiro atoms. The lowest BCUT2D eigenvalue weighted by Crippen LogP contribution is -2.34. The molecule has 2 atom stereocenters. The van der Waals surface area contributed by atoms with Crippen LogP contribution in [0.1, 0.15) is 27.7 Å². The van der Waals surface area contributed by atoms with E-state index in [4.69, 9.17) is 9.47 Å². The van der Waals surface area contributed by atoms with E-state index >= 15 is 0 Å². The van der Waals surface area contributed by atoms with E-state index in [1.807, 2.05) is 56.8 Å². The number of carbonyl (C=O) groups excluding carboxylic acids is 1. The molecule has 3 rings (SSSR count). The summed E-state index contributed by atoms with van der Waals surface area (Å²) in [4.78, 5) is 12.3. The number of nitrogens with zero attached hydrogens (tertiary/aromatic N) is 1. The Labute approximate surface area is 146 Å². The van der Waals surface area contributed by atoms with Gasteiger partial charge in [0.1, 0.15) is 17.5 Å². The molecule has 1 aliphatic heterocycles. The number of rotatable bonds is 3.